The molecule has 9 heteroatoms. The highest BCUT2D eigenvalue weighted by Crippen LogP contribution is 2.38. The van der Waals surface area contributed by atoms with E-state index in [-0.39, 0.29) is 0 Å². The lowest BCUT2D eigenvalue weighted by Crippen LogP contribution is -2.58. The van der Waals surface area contributed by atoms with Gasteiger partial charge in [0.2, 0.25) is 0 Å². The zero-order valence-corrected chi connectivity index (χ0v) is 19.8. The van der Waals surface area contributed by atoms with Crippen molar-refractivity contribution < 1.29 is 23.8 Å². The number of hydrogen-bond acceptors (Lipinski definition) is 7. The van der Waals surface area contributed by atoms with Gasteiger partial charge in [0.15, 0.2) is 0 Å². The first kappa shape index (κ1) is 24.6. The molecule has 33 heavy (non-hydrogen) atoms. The lowest BCUT2D eigenvalue weighted by Gasteiger charge is -2.43. The van der Waals surface area contributed by atoms with Crippen LogP contribution >= 0.6 is 11.8 Å². The Labute approximate surface area is 197 Å². The number of hydrogen-bond donors (Lipinski definition) is 0. The largest absolute Gasteiger partial charge is 0.458 e. The molecule has 0 radical (unpaired) electrons. The molecule has 1 fully saturated rings. The van der Waals surface area contributed by atoms with E-state index in [0.29, 0.717) is 5.56 Å². The Hall–Kier alpha value is -3.00. The Morgan fingerprint density at radius 2 is 1.61 bits per heavy atom. The second kappa shape index (κ2) is 10.7. The third-order valence-electron chi connectivity index (χ3n) is 5.04. The molecule has 174 valence electrons. The van der Waals surface area contributed by atoms with Crippen LogP contribution in [0.2, 0.25) is 0 Å². The van der Waals surface area contributed by atoms with Gasteiger partial charge in [0.1, 0.15) is 23.7 Å². The fraction of sp³-hybridized carbons (Fsp3) is 0.417. The summed E-state index contributed by atoms with van der Waals surface area (Å²) < 4.78 is 17.7. The molecular formula is C24H27N3O5S. The van der Waals surface area contributed by atoms with E-state index in [1.807, 2.05) is 30.3 Å². The summed E-state index contributed by atoms with van der Waals surface area (Å²) in [5, 5.41) is 3.90. The smallest absolute Gasteiger partial charge is 0.338 e. The summed E-state index contributed by atoms with van der Waals surface area (Å²) in [6, 6.07) is 17.0. The van der Waals surface area contributed by atoms with Crippen molar-refractivity contribution in [2.45, 2.75) is 62.4 Å². The van der Waals surface area contributed by atoms with Crippen LogP contribution in [-0.2, 0) is 19.0 Å². The highest BCUT2D eigenvalue weighted by molar-refractivity contribution is 7.99. The fourth-order valence-electron chi connectivity index (χ4n) is 3.27. The Balaban J connectivity index is 1.93. The molecule has 0 saturated carbocycles. The van der Waals surface area contributed by atoms with Gasteiger partial charge in [-0.05, 0) is 57.5 Å². The molecule has 0 aliphatic carbocycles. The second-order valence-electron chi connectivity index (χ2n) is 8.69. The number of esters is 2. The van der Waals surface area contributed by atoms with Gasteiger partial charge in [-0.15, -0.1) is 0 Å². The van der Waals surface area contributed by atoms with E-state index in [1.165, 1.54) is 11.8 Å². The summed E-state index contributed by atoms with van der Waals surface area (Å²) in [5.41, 5.74) is 8.19. The Kier molecular flexibility index (Phi) is 8.02. The molecule has 0 aromatic heterocycles. The number of ether oxygens (including phenoxy) is 3. The van der Waals surface area contributed by atoms with Gasteiger partial charge >= 0.3 is 11.9 Å². The Morgan fingerprint density at radius 3 is 2.18 bits per heavy atom. The van der Waals surface area contributed by atoms with Crippen molar-refractivity contribution >= 4 is 23.7 Å². The molecule has 0 spiro atoms. The first-order valence-corrected chi connectivity index (χ1v) is 11.5. The molecule has 0 bridgehead atoms. The molecule has 0 amide bonds. The molecule has 1 aliphatic rings. The van der Waals surface area contributed by atoms with Gasteiger partial charge < -0.3 is 14.2 Å². The van der Waals surface area contributed by atoms with Crippen LogP contribution in [0.5, 0.6) is 0 Å². The molecule has 1 heterocycles. The maximum Gasteiger partial charge on any atom is 0.338 e. The standard InChI is InChI=1S/C24H27N3O5S/c1-15-19(31-21(28)16-11-7-5-8-12-16)18(26-27-25)20(32-23(29)24(2,3)4)22(30-15)33-17-13-9-6-10-14-17/h5-15,18-20,22H,1-4H3/t15-,18+,19+,20-,22+/m0/s1. The summed E-state index contributed by atoms with van der Waals surface area (Å²) in [6.45, 7) is 6.94. The van der Waals surface area contributed by atoms with E-state index in [4.69, 9.17) is 14.2 Å². The van der Waals surface area contributed by atoms with Gasteiger partial charge in [0.05, 0.1) is 17.1 Å². The molecule has 0 unspecified atom stereocenters. The third kappa shape index (κ3) is 6.28. The number of thioether (sulfide) groups is 1. The topological polar surface area (TPSA) is 111 Å². The number of nitrogens with zero attached hydrogens (tertiary/aromatic N) is 3. The predicted octanol–water partition coefficient (Wildman–Crippen LogP) is 5.39. The molecule has 1 saturated heterocycles. The highest BCUT2D eigenvalue weighted by Gasteiger charge is 2.49. The Morgan fingerprint density at radius 1 is 1.00 bits per heavy atom. The number of azide groups is 1. The first-order valence-electron chi connectivity index (χ1n) is 10.6. The summed E-state index contributed by atoms with van der Waals surface area (Å²) in [4.78, 5) is 29.4. The molecule has 1 aliphatic heterocycles. The summed E-state index contributed by atoms with van der Waals surface area (Å²) in [7, 11) is 0. The van der Waals surface area contributed by atoms with Gasteiger partial charge in [-0.1, -0.05) is 53.3 Å². The maximum absolute atomic E-state index is 12.8. The average Bonchev–Trinajstić information content (AvgIpc) is 2.79. The van der Waals surface area contributed by atoms with Crippen molar-refractivity contribution in [1.82, 2.24) is 0 Å². The zero-order chi connectivity index (χ0) is 24.0. The Bertz CT molecular complexity index is 1010. The van der Waals surface area contributed by atoms with Crippen LogP contribution in [0, 0.1) is 5.41 Å². The van der Waals surface area contributed by atoms with E-state index in [1.54, 1.807) is 58.0 Å². The molecule has 0 N–H and O–H groups in total. The number of rotatable bonds is 6. The predicted molar refractivity (Wildman–Crippen MR) is 125 cm³/mol. The van der Waals surface area contributed by atoms with Crippen molar-refractivity contribution in [2.24, 2.45) is 10.5 Å². The molecule has 2 aromatic carbocycles. The van der Waals surface area contributed by atoms with Gasteiger partial charge in [0, 0.05) is 9.81 Å². The monoisotopic (exact) mass is 469 g/mol. The second-order valence-corrected chi connectivity index (χ2v) is 9.86. The van der Waals surface area contributed by atoms with E-state index < -0.39 is 47.1 Å². The highest BCUT2D eigenvalue weighted by atomic mass is 32.2. The summed E-state index contributed by atoms with van der Waals surface area (Å²) in [5.74, 6) is -1.06. The van der Waals surface area contributed by atoms with Crippen LogP contribution in [0.15, 0.2) is 70.7 Å². The van der Waals surface area contributed by atoms with Gasteiger partial charge in [-0.2, -0.15) is 0 Å². The van der Waals surface area contributed by atoms with Crippen LogP contribution in [0.1, 0.15) is 38.1 Å². The van der Waals surface area contributed by atoms with Crippen LogP contribution in [0.25, 0.3) is 10.4 Å². The minimum Gasteiger partial charge on any atom is -0.458 e. The van der Waals surface area contributed by atoms with Crippen molar-refractivity contribution in [3.05, 3.63) is 76.7 Å². The lowest BCUT2D eigenvalue weighted by atomic mass is 9.95. The lowest BCUT2D eigenvalue weighted by molar-refractivity contribution is -0.186. The quantitative estimate of drug-likeness (QED) is 0.243. The minimum absolute atomic E-state index is 0.355. The van der Waals surface area contributed by atoms with Crippen molar-refractivity contribution in [3.8, 4) is 0 Å². The number of benzene rings is 2. The molecular weight excluding hydrogens is 442 g/mol. The SMILES string of the molecule is C[C@@H]1O[C@H](Sc2ccccc2)[C@@H](OC(=O)C(C)(C)C)[C@H](N=[N+]=[N-])[C@@H]1OC(=O)c1ccccc1. The van der Waals surface area contributed by atoms with E-state index in [9.17, 15) is 15.1 Å². The average molecular weight is 470 g/mol. The van der Waals surface area contributed by atoms with Crippen molar-refractivity contribution in [1.29, 1.82) is 0 Å². The van der Waals surface area contributed by atoms with Gasteiger partial charge in [0.25, 0.3) is 0 Å². The summed E-state index contributed by atoms with van der Waals surface area (Å²) in [6.07, 6.45) is -2.53. The zero-order valence-electron chi connectivity index (χ0n) is 19.0. The van der Waals surface area contributed by atoms with Crippen LogP contribution in [-0.4, -0.2) is 41.7 Å². The van der Waals surface area contributed by atoms with E-state index in [0.717, 1.165) is 4.90 Å². The maximum atomic E-state index is 12.8. The normalized spacial score (nSPS) is 24.9. The fourth-order valence-corrected chi connectivity index (χ4v) is 4.43. The minimum atomic E-state index is -0.973. The van der Waals surface area contributed by atoms with Gasteiger partial charge in [-0.25, -0.2) is 4.79 Å². The van der Waals surface area contributed by atoms with Crippen LogP contribution in [0.4, 0.5) is 0 Å². The number of carbonyl (C=O) groups is 2. The first-order chi connectivity index (χ1) is 15.7. The van der Waals surface area contributed by atoms with E-state index in [2.05, 4.69) is 10.0 Å². The summed E-state index contributed by atoms with van der Waals surface area (Å²) >= 11 is 1.35. The molecule has 3 rings (SSSR count). The molecule has 5 atom stereocenters. The van der Waals surface area contributed by atoms with Crippen molar-refractivity contribution in [2.75, 3.05) is 0 Å². The third-order valence-corrected chi connectivity index (χ3v) is 6.20. The van der Waals surface area contributed by atoms with Gasteiger partial charge in [-0.3, -0.25) is 4.79 Å². The van der Waals surface area contributed by atoms with Crippen molar-refractivity contribution in [3.63, 3.8) is 0 Å². The molecule has 2 aromatic rings. The van der Waals surface area contributed by atoms with E-state index >= 15 is 0 Å². The van der Waals surface area contributed by atoms with Crippen LogP contribution in [0.3, 0.4) is 0 Å². The molecule has 8 nitrogen and oxygen atoms in total. The van der Waals surface area contributed by atoms with Crippen LogP contribution < -0.4 is 0 Å². The number of carbonyl (C=O) groups excluding carboxylic acids is 2.